The van der Waals surface area contributed by atoms with E-state index in [-0.39, 0.29) is 36.3 Å². The molecule has 8 nitrogen and oxygen atoms in total. The van der Waals surface area contributed by atoms with E-state index in [1.54, 1.807) is 18.5 Å². The van der Waals surface area contributed by atoms with Gasteiger partial charge in [-0.1, -0.05) is 0 Å². The van der Waals surface area contributed by atoms with Gasteiger partial charge in [-0.15, -0.1) is 24.0 Å². The minimum atomic E-state index is -2.63. The number of alkyl halides is 2. The van der Waals surface area contributed by atoms with Gasteiger partial charge >= 0.3 is 6.55 Å². The molecule has 0 unspecified atom stereocenters. The molecule has 0 aliphatic carbocycles. The third kappa shape index (κ3) is 4.74. The molecule has 2 aromatic heterocycles. The Morgan fingerprint density at radius 3 is 2.44 bits per heavy atom. The van der Waals surface area contributed by atoms with Gasteiger partial charge in [0.2, 0.25) is 5.95 Å². The minimum absolute atomic E-state index is 0. The second kappa shape index (κ2) is 8.87. The van der Waals surface area contributed by atoms with Crippen LogP contribution in [0, 0.1) is 0 Å². The van der Waals surface area contributed by atoms with Gasteiger partial charge in [-0.05, 0) is 6.07 Å². The summed E-state index contributed by atoms with van der Waals surface area (Å²) < 4.78 is 26.3. The van der Waals surface area contributed by atoms with Crippen LogP contribution in [0.1, 0.15) is 12.4 Å². The van der Waals surface area contributed by atoms with Crippen LogP contribution in [0.25, 0.3) is 0 Å². The van der Waals surface area contributed by atoms with E-state index < -0.39 is 6.55 Å². The summed E-state index contributed by atoms with van der Waals surface area (Å²) in [5, 5.41) is 0. The van der Waals surface area contributed by atoms with Crippen LogP contribution < -0.4 is 10.6 Å². The van der Waals surface area contributed by atoms with Gasteiger partial charge in [-0.2, -0.15) is 8.78 Å². The summed E-state index contributed by atoms with van der Waals surface area (Å²) in [6.45, 7) is 0.143. The molecule has 0 aromatic carbocycles. The van der Waals surface area contributed by atoms with Crippen LogP contribution in [0.3, 0.4) is 0 Å². The molecule has 136 valence electrons. The van der Waals surface area contributed by atoms with Gasteiger partial charge in [-0.25, -0.2) is 19.9 Å². The molecule has 0 spiro atoms. The van der Waals surface area contributed by atoms with Gasteiger partial charge in [0, 0.05) is 51.0 Å². The molecule has 1 saturated heterocycles. The van der Waals surface area contributed by atoms with E-state index in [4.69, 9.17) is 5.73 Å². The zero-order valence-corrected chi connectivity index (χ0v) is 15.7. The Morgan fingerprint density at radius 1 is 1.12 bits per heavy atom. The second-order valence-corrected chi connectivity index (χ2v) is 5.23. The lowest BCUT2D eigenvalue weighted by molar-refractivity contribution is 0.0671. The molecule has 25 heavy (non-hydrogen) atoms. The molecular formula is C14H19F2IN8. The number of guanidine groups is 1. The Bertz CT molecular complexity index is 685. The van der Waals surface area contributed by atoms with Gasteiger partial charge < -0.3 is 15.5 Å². The highest BCUT2D eigenvalue weighted by Crippen LogP contribution is 2.13. The lowest BCUT2D eigenvalue weighted by Crippen LogP contribution is -2.51. The fourth-order valence-electron chi connectivity index (χ4n) is 2.49. The van der Waals surface area contributed by atoms with Crippen LogP contribution in [-0.2, 0) is 6.54 Å². The molecule has 0 atom stereocenters. The first kappa shape index (κ1) is 19.3. The van der Waals surface area contributed by atoms with Gasteiger partial charge in [-0.3, -0.25) is 4.57 Å². The topological polar surface area (TPSA) is 88.5 Å². The minimum Gasteiger partial charge on any atom is -0.370 e. The first-order valence-electron chi connectivity index (χ1n) is 7.52. The van der Waals surface area contributed by atoms with Crippen LogP contribution in [0.5, 0.6) is 0 Å². The van der Waals surface area contributed by atoms with Gasteiger partial charge in [0.1, 0.15) is 12.4 Å². The Balaban J connectivity index is 0.00000225. The van der Waals surface area contributed by atoms with Crippen molar-refractivity contribution in [2.75, 3.05) is 31.1 Å². The Kier molecular flexibility index (Phi) is 6.84. The number of piperazine rings is 1. The molecule has 2 N–H and O–H groups in total. The van der Waals surface area contributed by atoms with E-state index in [1.807, 2.05) is 4.90 Å². The maximum Gasteiger partial charge on any atom is 0.319 e. The molecule has 0 bridgehead atoms. The number of rotatable bonds is 4. The van der Waals surface area contributed by atoms with Crippen molar-refractivity contribution < 1.29 is 8.78 Å². The monoisotopic (exact) mass is 464 g/mol. The highest BCUT2D eigenvalue weighted by atomic mass is 127. The average molecular weight is 464 g/mol. The normalized spacial score (nSPS) is 15.4. The van der Waals surface area contributed by atoms with Crippen molar-refractivity contribution in [2.24, 2.45) is 10.7 Å². The highest BCUT2D eigenvalue weighted by Gasteiger charge is 2.20. The van der Waals surface area contributed by atoms with Crippen LogP contribution in [0.15, 0.2) is 35.8 Å². The SMILES string of the molecule is I.NC(=NCc1nccn1C(F)F)N1CCN(c2ncccn2)CC1. The van der Waals surface area contributed by atoms with Crippen molar-refractivity contribution >= 4 is 35.9 Å². The number of aliphatic imine (C=N–C) groups is 1. The quantitative estimate of drug-likeness (QED) is 0.418. The lowest BCUT2D eigenvalue weighted by Gasteiger charge is -2.35. The van der Waals surface area contributed by atoms with Crippen molar-refractivity contribution in [3.05, 3.63) is 36.7 Å². The summed E-state index contributed by atoms with van der Waals surface area (Å²) in [6, 6.07) is 1.77. The third-order valence-corrected chi connectivity index (χ3v) is 3.78. The number of imidazole rings is 1. The number of anilines is 1. The fourth-order valence-corrected chi connectivity index (χ4v) is 2.49. The maximum atomic E-state index is 12.8. The van der Waals surface area contributed by atoms with Crippen molar-refractivity contribution in [2.45, 2.75) is 13.1 Å². The molecule has 1 aliphatic heterocycles. The van der Waals surface area contributed by atoms with Gasteiger partial charge in [0.05, 0.1) is 0 Å². The van der Waals surface area contributed by atoms with E-state index in [0.717, 1.165) is 4.57 Å². The Hall–Kier alpha value is -2.05. The van der Waals surface area contributed by atoms with Gasteiger partial charge in [0.15, 0.2) is 5.96 Å². The number of halogens is 3. The average Bonchev–Trinajstić information content (AvgIpc) is 3.09. The Morgan fingerprint density at radius 2 is 1.80 bits per heavy atom. The molecule has 3 heterocycles. The van der Waals surface area contributed by atoms with Crippen molar-refractivity contribution in [1.29, 1.82) is 0 Å². The summed E-state index contributed by atoms with van der Waals surface area (Å²) in [6.07, 6.45) is 5.96. The van der Waals surface area contributed by atoms with Crippen molar-refractivity contribution in [3.63, 3.8) is 0 Å². The van der Waals surface area contributed by atoms with E-state index in [1.165, 1.54) is 12.4 Å². The number of nitrogens with two attached hydrogens (primary N) is 1. The van der Waals surface area contributed by atoms with Crippen LogP contribution in [-0.4, -0.2) is 56.6 Å². The summed E-state index contributed by atoms with van der Waals surface area (Å²) in [5.74, 6) is 1.20. The summed E-state index contributed by atoms with van der Waals surface area (Å²) >= 11 is 0. The predicted octanol–water partition coefficient (Wildman–Crippen LogP) is 1.32. The van der Waals surface area contributed by atoms with E-state index >= 15 is 0 Å². The highest BCUT2D eigenvalue weighted by molar-refractivity contribution is 14.0. The first-order chi connectivity index (χ1) is 11.6. The Labute approximate surface area is 160 Å². The predicted molar refractivity (Wildman–Crippen MR) is 100 cm³/mol. The van der Waals surface area contributed by atoms with Crippen LogP contribution >= 0.6 is 24.0 Å². The molecule has 11 heteroatoms. The molecule has 0 saturated carbocycles. The smallest absolute Gasteiger partial charge is 0.319 e. The number of hydrogen-bond donors (Lipinski definition) is 1. The zero-order chi connectivity index (χ0) is 16.9. The molecule has 0 amide bonds. The summed E-state index contributed by atoms with van der Waals surface area (Å²) in [5.41, 5.74) is 5.98. The molecule has 1 fully saturated rings. The van der Waals surface area contributed by atoms with E-state index in [9.17, 15) is 8.78 Å². The van der Waals surface area contributed by atoms with E-state index in [0.29, 0.717) is 38.1 Å². The number of nitrogens with zero attached hydrogens (tertiary/aromatic N) is 7. The van der Waals surface area contributed by atoms with Crippen LogP contribution in [0.2, 0.25) is 0 Å². The van der Waals surface area contributed by atoms with Crippen LogP contribution in [0.4, 0.5) is 14.7 Å². The van der Waals surface area contributed by atoms with Crippen molar-refractivity contribution in [3.8, 4) is 0 Å². The number of hydrogen-bond acceptors (Lipinski definition) is 5. The summed E-state index contributed by atoms with van der Waals surface area (Å²) in [4.78, 5) is 20.5. The fraction of sp³-hybridized carbons (Fsp3) is 0.429. The molecule has 2 aromatic rings. The first-order valence-corrected chi connectivity index (χ1v) is 7.52. The lowest BCUT2D eigenvalue weighted by atomic mass is 10.3. The largest absolute Gasteiger partial charge is 0.370 e. The molecule has 0 radical (unpaired) electrons. The van der Waals surface area contributed by atoms with E-state index in [2.05, 4.69) is 24.8 Å². The molecular weight excluding hydrogens is 445 g/mol. The zero-order valence-electron chi connectivity index (χ0n) is 13.4. The van der Waals surface area contributed by atoms with Crippen molar-refractivity contribution in [1.82, 2.24) is 24.4 Å². The second-order valence-electron chi connectivity index (χ2n) is 5.23. The molecule has 3 rings (SSSR count). The standard InChI is InChI=1S/C14H18F2N8.HI/c15-12(16)24-5-4-18-11(24)10-21-13(17)22-6-8-23(9-7-22)14-19-2-1-3-20-14;/h1-5,12H,6-10H2,(H2,17,21);1H. The summed E-state index contributed by atoms with van der Waals surface area (Å²) in [7, 11) is 0. The van der Waals surface area contributed by atoms with Gasteiger partial charge in [0.25, 0.3) is 0 Å². The maximum absolute atomic E-state index is 12.8. The third-order valence-electron chi connectivity index (χ3n) is 3.78. The number of aromatic nitrogens is 4. The molecule has 1 aliphatic rings.